The van der Waals surface area contributed by atoms with Crippen molar-refractivity contribution >= 4 is 28.6 Å². The Labute approximate surface area is 182 Å². The third-order valence-electron chi connectivity index (χ3n) is 5.21. The molecular formula is C23H27ClN4O2. The summed E-state index contributed by atoms with van der Waals surface area (Å²) in [5, 5.41) is 1.91. The molecule has 30 heavy (non-hydrogen) atoms. The number of benzene rings is 1. The maximum atomic E-state index is 12.3. The van der Waals surface area contributed by atoms with Crippen molar-refractivity contribution in [1.82, 2.24) is 19.4 Å². The Morgan fingerprint density at radius 1 is 1.10 bits per heavy atom. The third kappa shape index (κ3) is 4.60. The molecule has 2 aromatic heterocycles. The number of ether oxygens (including phenoxy) is 1. The fraction of sp³-hybridized carbons (Fsp3) is 0.391. The molecule has 0 saturated carbocycles. The first-order valence-electron chi connectivity index (χ1n) is 10.2. The molecule has 7 heteroatoms. The number of amides is 1. The lowest BCUT2D eigenvalue weighted by Crippen LogP contribution is -2.49. The Morgan fingerprint density at radius 2 is 1.80 bits per heavy atom. The van der Waals surface area contributed by atoms with Gasteiger partial charge in [-0.1, -0.05) is 11.6 Å². The van der Waals surface area contributed by atoms with Gasteiger partial charge in [0.05, 0.1) is 11.7 Å². The number of hydrogen-bond donors (Lipinski definition) is 0. The zero-order valence-corrected chi connectivity index (χ0v) is 18.4. The molecule has 0 unspecified atom stereocenters. The van der Waals surface area contributed by atoms with E-state index >= 15 is 0 Å². The fourth-order valence-electron chi connectivity index (χ4n) is 3.74. The Balaban J connectivity index is 1.49. The molecule has 3 heterocycles. The lowest BCUT2D eigenvalue weighted by Gasteiger charge is -2.35. The lowest BCUT2D eigenvalue weighted by molar-refractivity contribution is 0.0139. The molecule has 0 radical (unpaired) electrons. The Kier molecular flexibility index (Phi) is 5.71. The summed E-state index contributed by atoms with van der Waals surface area (Å²) in [6, 6.07) is 9.88. The van der Waals surface area contributed by atoms with Crippen molar-refractivity contribution in [3.8, 4) is 5.69 Å². The van der Waals surface area contributed by atoms with E-state index in [9.17, 15) is 4.79 Å². The second-order valence-electron chi connectivity index (χ2n) is 8.64. The van der Waals surface area contributed by atoms with Gasteiger partial charge < -0.3 is 14.2 Å². The van der Waals surface area contributed by atoms with Crippen molar-refractivity contribution in [3.63, 3.8) is 0 Å². The van der Waals surface area contributed by atoms with Crippen LogP contribution >= 0.6 is 11.6 Å². The first-order chi connectivity index (χ1) is 14.3. The summed E-state index contributed by atoms with van der Waals surface area (Å²) in [7, 11) is 0. The third-order valence-corrected chi connectivity index (χ3v) is 5.47. The fourth-order valence-corrected chi connectivity index (χ4v) is 3.87. The van der Waals surface area contributed by atoms with Crippen LogP contribution in [0.5, 0.6) is 0 Å². The summed E-state index contributed by atoms with van der Waals surface area (Å²) < 4.78 is 7.66. The number of piperazine rings is 1. The van der Waals surface area contributed by atoms with Crippen LogP contribution in [0.2, 0.25) is 5.02 Å². The Hall–Kier alpha value is -2.57. The summed E-state index contributed by atoms with van der Waals surface area (Å²) in [4.78, 5) is 20.8. The summed E-state index contributed by atoms with van der Waals surface area (Å²) in [5.41, 5.74) is 2.90. The van der Waals surface area contributed by atoms with E-state index < -0.39 is 5.60 Å². The van der Waals surface area contributed by atoms with Crippen molar-refractivity contribution in [1.29, 1.82) is 0 Å². The van der Waals surface area contributed by atoms with E-state index in [4.69, 9.17) is 16.3 Å². The van der Waals surface area contributed by atoms with Crippen LogP contribution in [0.1, 0.15) is 26.3 Å². The van der Waals surface area contributed by atoms with Crippen LogP contribution in [-0.2, 0) is 11.3 Å². The number of carbonyl (C=O) groups excluding carboxylic acids is 1. The Bertz CT molecular complexity index is 1030. The van der Waals surface area contributed by atoms with Crippen molar-refractivity contribution in [2.75, 3.05) is 26.2 Å². The monoisotopic (exact) mass is 426 g/mol. The molecule has 0 atom stereocenters. The largest absolute Gasteiger partial charge is 0.444 e. The average Bonchev–Trinajstić information content (AvgIpc) is 3.06. The summed E-state index contributed by atoms with van der Waals surface area (Å²) in [6.07, 6.45) is 5.68. The molecule has 3 aromatic rings. The number of fused-ring (bicyclic) bond motifs is 1. The van der Waals surface area contributed by atoms with Gasteiger partial charge in [0, 0.05) is 61.2 Å². The maximum Gasteiger partial charge on any atom is 0.410 e. The highest BCUT2D eigenvalue weighted by Crippen LogP contribution is 2.26. The van der Waals surface area contributed by atoms with E-state index in [1.165, 1.54) is 10.9 Å². The number of halogens is 1. The minimum atomic E-state index is -0.467. The number of hydrogen-bond acceptors (Lipinski definition) is 4. The normalized spacial score (nSPS) is 15.5. The van der Waals surface area contributed by atoms with Crippen molar-refractivity contribution in [2.45, 2.75) is 32.9 Å². The van der Waals surface area contributed by atoms with E-state index in [-0.39, 0.29) is 6.09 Å². The minimum absolute atomic E-state index is 0.229. The zero-order chi connectivity index (χ0) is 21.3. The summed E-state index contributed by atoms with van der Waals surface area (Å²) >= 11 is 6.06. The van der Waals surface area contributed by atoms with Crippen LogP contribution in [0.4, 0.5) is 4.79 Å². The van der Waals surface area contributed by atoms with Gasteiger partial charge in [-0.25, -0.2) is 4.79 Å². The zero-order valence-electron chi connectivity index (χ0n) is 17.6. The number of carbonyl (C=O) groups is 1. The van der Waals surface area contributed by atoms with E-state index in [1.54, 1.807) is 4.90 Å². The molecule has 0 N–H and O–H groups in total. The van der Waals surface area contributed by atoms with Gasteiger partial charge in [0.25, 0.3) is 0 Å². The molecule has 1 fully saturated rings. The molecule has 0 bridgehead atoms. The minimum Gasteiger partial charge on any atom is -0.444 e. The quantitative estimate of drug-likeness (QED) is 0.607. The van der Waals surface area contributed by atoms with Crippen LogP contribution in [0.25, 0.3) is 16.6 Å². The van der Waals surface area contributed by atoms with Gasteiger partial charge in [-0.3, -0.25) is 9.88 Å². The smallest absolute Gasteiger partial charge is 0.410 e. The van der Waals surface area contributed by atoms with Crippen LogP contribution in [0.3, 0.4) is 0 Å². The molecule has 0 aliphatic carbocycles. The van der Waals surface area contributed by atoms with E-state index in [1.807, 2.05) is 57.4 Å². The molecule has 1 aromatic carbocycles. The molecule has 1 aliphatic rings. The van der Waals surface area contributed by atoms with Crippen LogP contribution in [0.15, 0.2) is 48.9 Å². The predicted octanol–water partition coefficient (Wildman–Crippen LogP) is 4.73. The van der Waals surface area contributed by atoms with Crippen molar-refractivity contribution in [3.05, 3.63) is 59.5 Å². The lowest BCUT2D eigenvalue weighted by atomic mass is 10.2. The highest BCUT2D eigenvalue weighted by molar-refractivity contribution is 6.30. The van der Waals surface area contributed by atoms with E-state index in [0.717, 1.165) is 35.9 Å². The van der Waals surface area contributed by atoms with Crippen LogP contribution in [0, 0.1) is 0 Å². The number of aromatic nitrogens is 2. The maximum absolute atomic E-state index is 12.3. The molecule has 6 nitrogen and oxygen atoms in total. The number of rotatable bonds is 3. The first-order valence-corrected chi connectivity index (χ1v) is 10.6. The highest BCUT2D eigenvalue weighted by atomic mass is 35.5. The molecule has 1 aliphatic heterocycles. The number of nitrogens with zero attached hydrogens (tertiary/aromatic N) is 4. The first kappa shape index (κ1) is 20.7. The Morgan fingerprint density at radius 3 is 2.47 bits per heavy atom. The van der Waals surface area contributed by atoms with Crippen LogP contribution < -0.4 is 0 Å². The second-order valence-corrected chi connectivity index (χ2v) is 9.07. The predicted molar refractivity (Wildman–Crippen MR) is 119 cm³/mol. The van der Waals surface area contributed by atoms with Gasteiger partial charge in [-0.2, -0.15) is 0 Å². The van der Waals surface area contributed by atoms with E-state index in [2.05, 4.69) is 26.7 Å². The molecule has 4 rings (SSSR count). The van der Waals surface area contributed by atoms with Gasteiger partial charge >= 0.3 is 6.09 Å². The van der Waals surface area contributed by atoms with Gasteiger partial charge in [0.15, 0.2) is 0 Å². The highest BCUT2D eigenvalue weighted by Gasteiger charge is 2.26. The van der Waals surface area contributed by atoms with Crippen LogP contribution in [-0.4, -0.2) is 57.2 Å². The SMILES string of the molecule is CC(C)(C)OC(=O)N1CCN(Cc2cn(-c3ccc(Cl)cc3)c3cnccc23)CC1. The molecule has 0 spiro atoms. The van der Waals surface area contributed by atoms with Gasteiger partial charge in [0.2, 0.25) is 0 Å². The van der Waals surface area contributed by atoms with Crippen molar-refractivity contribution < 1.29 is 9.53 Å². The van der Waals surface area contributed by atoms with Gasteiger partial charge in [-0.15, -0.1) is 0 Å². The average molecular weight is 427 g/mol. The number of pyridine rings is 1. The standard InChI is InChI=1S/C23H27ClN4O2/c1-23(2,3)30-22(29)27-12-10-26(11-13-27)15-17-16-28(19-6-4-18(24)5-7-19)21-14-25-9-8-20(17)21/h4-9,14,16H,10-13,15H2,1-3H3. The molecular weight excluding hydrogens is 400 g/mol. The molecule has 158 valence electrons. The van der Waals surface area contributed by atoms with Gasteiger partial charge in [-0.05, 0) is 56.7 Å². The topological polar surface area (TPSA) is 50.6 Å². The van der Waals surface area contributed by atoms with Crippen molar-refractivity contribution in [2.24, 2.45) is 0 Å². The summed E-state index contributed by atoms with van der Waals surface area (Å²) in [6.45, 7) is 9.49. The van der Waals surface area contributed by atoms with Gasteiger partial charge in [0.1, 0.15) is 5.60 Å². The summed E-state index contributed by atoms with van der Waals surface area (Å²) in [5.74, 6) is 0. The van der Waals surface area contributed by atoms with E-state index in [0.29, 0.717) is 13.1 Å². The molecule has 1 amide bonds. The second kappa shape index (κ2) is 8.28. The molecule has 1 saturated heterocycles.